The molecule has 0 bridgehead atoms. The molecule has 1 N–H and O–H groups in total. The molecule has 1 atom stereocenters. The van der Waals surface area contributed by atoms with Gasteiger partial charge in [0, 0.05) is 24.3 Å². The zero-order valence-electron chi connectivity index (χ0n) is 18.1. The molecule has 0 aliphatic carbocycles. The predicted molar refractivity (Wildman–Crippen MR) is 120 cm³/mol. The number of benzene rings is 2. The maximum Gasteiger partial charge on any atom is 0.244 e. The standard InChI is InChI=1S/C23H28N4O3S/c1-16-4-10-21(11-5-16)31(28,29)26-18(3)23-24-22(25-30-23)19-6-8-20(9-7-19)27-14-12-17(2)13-15-27/h4-11,17-18,26H,12-15H2,1-3H3/t18-/m1/s1. The molecular formula is C23H28N4O3S. The fourth-order valence-electron chi connectivity index (χ4n) is 3.69. The van der Waals surface area contributed by atoms with Crippen molar-refractivity contribution in [3.05, 3.63) is 60.0 Å². The first-order valence-corrected chi connectivity index (χ1v) is 12.1. The number of nitrogens with one attached hydrogen (secondary N) is 1. The van der Waals surface area contributed by atoms with Crippen LogP contribution in [-0.2, 0) is 10.0 Å². The molecule has 0 amide bonds. The molecule has 3 aromatic rings. The Labute approximate surface area is 183 Å². The van der Waals surface area contributed by atoms with E-state index in [-0.39, 0.29) is 10.8 Å². The van der Waals surface area contributed by atoms with E-state index in [1.54, 1.807) is 31.2 Å². The first-order chi connectivity index (χ1) is 14.8. The Kier molecular flexibility index (Phi) is 6.11. The SMILES string of the molecule is Cc1ccc(S(=O)(=O)N[C@H](C)c2nc(-c3ccc(N4CCC(C)CC4)cc3)no2)cc1. The highest BCUT2D eigenvalue weighted by Crippen LogP contribution is 2.26. The van der Waals surface area contributed by atoms with Crippen molar-refractivity contribution in [2.75, 3.05) is 18.0 Å². The van der Waals surface area contributed by atoms with Gasteiger partial charge in [-0.2, -0.15) is 9.71 Å². The van der Waals surface area contributed by atoms with Crippen LogP contribution in [0, 0.1) is 12.8 Å². The third kappa shape index (κ3) is 4.97. The number of aryl methyl sites for hydroxylation is 1. The van der Waals surface area contributed by atoms with Crippen LogP contribution < -0.4 is 9.62 Å². The topological polar surface area (TPSA) is 88.3 Å². The summed E-state index contributed by atoms with van der Waals surface area (Å²) in [5, 5.41) is 4.04. The Morgan fingerprint density at radius 1 is 1.06 bits per heavy atom. The summed E-state index contributed by atoms with van der Waals surface area (Å²) >= 11 is 0. The lowest BCUT2D eigenvalue weighted by Crippen LogP contribution is -2.32. The Balaban J connectivity index is 1.44. The van der Waals surface area contributed by atoms with Crippen molar-refractivity contribution in [2.24, 2.45) is 5.92 Å². The molecule has 0 radical (unpaired) electrons. The smallest absolute Gasteiger partial charge is 0.244 e. The van der Waals surface area contributed by atoms with Crippen LogP contribution in [0.5, 0.6) is 0 Å². The number of anilines is 1. The van der Waals surface area contributed by atoms with Crippen molar-refractivity contribution >= 4 is 15.7 Å². The fourth-order valence-corrected chi connectivity index (χ4v) is 4.88. The summed E-state index contributed by atoms with van der Waals surface area (Å²) in [5.41, 5.74) is 3.02. The number of hydrogen-bond donors (Lipinski definition) is 1. The van der Waals surface area contributed by atoms with E-state index in [2.05, 4.69) is 38.8 Å². The first kappa shape index (κ1) is 21.5. The van der Waals surface area contributed by atoms with Gasteiger partial charge in [-0.05, 0) is 69.0 Å². The van der Waals surface area contributed by atoms with E-state index in [4.69, 9.17) is 4.52 Å². The van der Waals surface area contributed by atoms with E-state index in [0.717, 1.165) is 30.1 Å². The zero-order valence-corrected chi connectivity index (χ0v) is 18.9. The van der Waals surface area contributed by atoms with Crippen molar-refractivity contribution in [2.45, 2.75) is 44.6 Å². The van der Waals surface area contributed by atoms with Gasteiger partial charge >= 0.3 is 0 Å². The molecule has 1 aliphatic rings. The Morgan fingerprint density at radius 3 is 2.35 bits per heavy atom. The predicted octanol–water partition coefficient (Wildman–Crippen LogP) is 4.32. The minimum Gasteiger partial charge on any atom is -0.372 e. The molecule has 0 spiro atoms. The second kappa shape index (κ2) is 8.80. The number of piperidine rings is 1. The Bertz CT molecular complexity index is 1120. The summed E-state index contributed by atoms with van der Waals surface area (Å²) in [7, 11) is -3.69. The lowest BCUT2D eigenvalue weighted by Gasteiger charge is -2.32. The molecule has 4 rings (SSSR count). The monoisotopic (exact) mass is 440 g/mol. The van der Waals surface area contributed by atoms with Crippen LogP contribution in [0.1, 0.15) is 44.2 Å². The summed E-state index contributed by atoms with van der Waals surface area (Å²) in [5.74, 6) is 1.45. The maximum atomic E-state index is 12.6. The number of sulfonamides is 1. The number of hydrogen-bond acceptors (Lipinski definition) is 6. The Morgan fingerprint density at radius 2 is 1.71 bits per heavy atom. The second-order valence-corrected chi connectivity index (χ2v) is 10.0. The van der Waals surface area contributed by atoms with Crippen molar-refractivity contribution < 1.29 is 12.9 Å². The molecule has 2 aromatic carbocycles. The van der Waals surface area contributed by atoms with Gasteiger partial charge < -0.3 is 9.42 Å². The van der Waals surface area contributed by atoms with Gasteiger partial charge in [-0.15, -0.1) is 0 Å². The normalized spacial score (nSPS) is 16.4. The van der Waals surface area contributed by atoms with Crippen LogP contribution in [0.25, 0.3) is 11.4 Å². The van der Waals surface area contributed by atoms with E-state index < -0.39 is 16.1 Å². The van der Waals surface area contributed by atoms with E-state index in [1.807, 2.05) is 19.1 Å². The van der Waals surface area contributed by atoms with Crippen molar-refractivity contribution in [3.63, 3.8) is 0 Å². The highest BCUT2D eigenvalue weighted by atomic mass is 32.2. The average Bonchev–Trinajstić information content (AvgIpc) is 3.25. The summed E-state index contributed by atoms with van der Waals surface area (Å²) < 4.78 is 33.2. The highest BCUT2D eigenvalue weighted by molar-refractivity contribution is 7.89. The maximum absolute atomic E-state index is 12.6. The van der Waals surface area contributed by atoms with Crippen LogP contribution in [0.15, 0.2) is 57.9 Å². The molecule has 1 aromatic heterocycles. The minimum absolute atomic E-state index is 0.201. The van der Waals surface area contributed by atoms with Gasteiger partial charge in [-0.3, -0.25) is 0 Å². The third-order valence-electron chi connectivity index (χ3n) is 5.75. The molecule has 7 nitrogen and oxygen atoms in total. The average molecular weight is 441 g/mol. The van der Waals surface area contributed by atoms with Crippen LogP contribution in [0.2, 0.25) is 0 Å². The molecule has 1 saturated heterocycles. The van der Waals surface area contributed by atoms with E-state index in [9.17, 15) is 8.42 Å². The van der Waals surface area contributed by atoms with Gasteiger partial charge in [0.1, 0.15) is 0 Å². The summed E-state index contributed by atoms with van der Waals surface area (Å²) in [6.45, 7) is 8.04. The first-order valence-electron chi connectivity index (χ1n) is 10.6. The molecule has 2 heterocycles. The third-order valence-corrected chi connectivity index (χ3v) is 7.31. The highest BCUT2D eigenvalue weighted by Gasteiger charge is 2.23. The van der Waals surface area contributed by atoms with E-state index >= 15 is 0 Å². The largest absolute Gasteiger partial charge is 0.372 e. The summed E-state index contributed by atoms with van der Waals surface area (Å²) in [6, 6.07) is 14.1. The van der Waals surface area contributed by atoms with Crippen LogP contribution in [-0.4, -0.2) is 31.6 Å². The lowest BCUT2D eigenvalue weighted by molar-refractivity contribution is 0.354. The minimum atomic E-state index is -3.69. The van der Waals surface area contributed by atoms with Crippen molar-refractivity contribution in [1.29, 1.82) is 0 Å². The van der Waals surface area contributed by atoms with Gasteiger partial charge in [-0.1, -0.05) is 29.8 Å². The van der Waals surface area contributed by atoms with Gasteiger partial charge in [0.25, 0.3) is 0 Å². The van der Waals surface area contributed by atoms with Crippen LogP contribution in [0.4, 0.5) is 5.69 Å². The molecule has 1 fully saturated rings. The molecule has 8 heteroatoms. The number of nitrogens with zero attached hydrogens (tertiary/aromatic N) is 3. The van der Waals surface area contributed by atoms with Crippen LogP contribution in [0.3, 0.4) is 0 Å². The molecule has 164 valence electrons. The molecule has 31 heavy (non-hydrogen) atoms. The zero-order chi connectivity index (χ0) is 22.0. The number of aromatic nitrogens is 2. The molecule has 0 saturated carbocycles. The quantitative estimate of drug-likeness (QED) is 0.614. The molecular weight excluding hydrogens is 412 g/mol. The summed E-state index contributed by atoms with van der Waals surface area (Å²) in [4.78, 5) is 7.00. The molecule has 1 aliphatic heterocycles. The van der Waals surface area contributed by atoms with Crippen molar-refractivity contribution in [3.8, 4) is 11.4 Å². The second-order valence-electron chi connectivity index (χ2n) is 8.33. The lowest BCUT2D eigenvalue weighted by atomic mass is 9.98. The van der Waals surface area contributed by atoms with Gasteiger partial charge in [0.2, 0.25) is 21.7 Å². The van der Waals surface area contributed by atoms with E-state index in [1.165, 1.54) is 18.5 Å². The van der Waals surface area contributed by atoms with Gasteiger partial charge in [0.05, 0.1) is 10.9 Å². The summed E-state index contributed by atoms with van der Waals surface area (Å²) in [6.07, 6.45) is 2.43. The van der Waals surface area contributed by atoms with E-state index in [0.29, 0.717) is 5.82 Å². The van der Waals surface area contributed by atoms with Crippen molar-refractivity contribution in [1.82, 2.24) is 14.9 Å². The molecule has 0 unspecified atom stereocenters. The van der Waals surface area contributed by atoms with Crippen LogP contribution >= 0.6 is 0 Å². The fraction of sp³-hybridized carbons (Fsp3) is 0.391. The number of rotatable bonds is 6. The van der Waals surface area contributed by atoms with Gasteiger partial charge in [-0.25, -0.2) is 8.42 Å². The Hall–Kier alpha value is -2.71. The van der Waals surface area contributed by atoms with Gasteiger partial charge in [0.15, 0.2) is 0 Å².